The first-order valence-electron chi connectivity index (χ1n) is 6.18. The molecule has 0 aliphatic carbocycles. The lowest BCUT2D eigenvalue weighted by atomic mass is 9.99. The Morgan fingerprint density at radius 3 is 2.80 bits per heavy atom. The zero-order valence-electron chi connectivity index (χ0n) is 10.7. The van der Waals surface area contributed by atoms with E-state index in [0.717, 1.165) is 10.8 Å². The molecule has 6 nitrogen and oxygen atoms in total. The lowest BCUT2D eigenvalue weighted by Gasteiger charge is -2.16. The second-order valence-corrected chi connectivity index (χ2v) is 4.25. The highest BCUT2D eigenvalue weighted by Gasteiger charge is 2.20. The number of hydrogen-bond donors (Lipinski definition) is 2. The van der Waals surface area contributed by atoms with Gasteiger partial charge >= 0.3 is 5.97 Å². The van der Waals surface area contributed by atoms with Crippen molar-refractivity contribution in [3.63, 3.8) is 0 Å². The molecule has 0 aliphatic heterocycles. The van der Waals surface area contributed by atoms with Crippen molar-refractivity contribution in [3.05, 3.63) is 58.5 Å². The summed E-state index contributed by atoms with van der Waals surface area (Å²) in [7, 11) is 0. The van der Waals surface area contributed by atoms with Crippen molar-refractivity contribution < 1.29 is 9.90 Å². The van der Waals surface area contributed by atoms with Gasteiger partial charge in [0, 0.05) is 18.0 Å². The molecule has 0 aromatic heterocycles. The van der Waals surface area contributed by atoms with Gasteiger partial charge in [-0.15, -0.1) is 0 Å². The van der Waals surface area contributed by atoms with Crippen LogP contribution < -0.4 is 5.32 Å². The van der Waals surface area contributed by atoms with Gasteiger partial charge in [0.25, 0.3) is 0 Å². The molecule has 0 bridgehead atoms. The van der Waals surface area contributed by atoms with Gasteiger partial charge in [-0.3, -0.25) is 4.79 Å². The van der Waals surface area contributed by atoms with E-state index in [0.29, 0.717) is 12.1 Å². The van der Waals surface area contributed by atoms with Crippen molar-refractivity contribution >= 4 is 16.7 Å². The van der Waals surface area contributed by atoms with E-state index in [4.69, 9.17) is 5.53 Å². The molecule has 0 radical (unpaired) electrons. The van der Waals surface area contributed by atoms with Crippen molar-refractivity contribution in [2.24, 2.45) is 5.11 Å². The average molecular weight is 270 g/mol. The van der Waals surface area contributed by atoms with Gasteiger partial charge in [-0.2, -0.15) is 0 Å². The third kappa shape index (κ3) is 3.06. The molecule has 1 atom stereocenters. The van der Waals surface area contributed by atoms with Crippen molar-refractivity contribution in [2.45, 2.75) is 6.04 Å². The highest BCUT2D eigenvalue weighted by Crippen LogP contribution is 2.24. The number of benzene rings is 2. The van der Waals surface area contributed by atoms with E-state index in [2.05, 4.69) is 15.3 Å². The van der Waals surface area contributed by atoms with Crippen LogP contribution in [0.4, 0.5) is 0 Å². The quantitative estimate of drug-likeness (QED) is 0.365. The second kappa shape index (κ2) is 6.56. The van der Waals surface area contributed by atoms with Gasteiger partial charge in [-0.05, 0) is 21.9 Å². The molecular formula is C14H14N4O2. The van der Waals surface area contributed by atoms with E-state index in [1.54, 1.807) is 6.07 Å². The molecule has 0 spiro atoms. The first kappa shape index (κ1) is 13.9. The van der Waals surface area contributed by atoms with Gasteiger partial charge in [-0.1, -0.05) is 47.6 Å². The van der Waals surface area contributed by atoms with Crippen LogP contribution in [0.2, 0.25) is 0 Å². The van der Waals surface area contributed by atoms with Gasteiger partial charge in [0.15, 0.2) is 0 Å². The number of rotatable bonds is 6. The van der Waals surface area contributed by atoms with Crippen molar-refractivity contribution in [3.8, 4) is 0 Å². The fourth-order valence-electron chi connectivity index (χ4n) is 2.14. The first-order chi connectivity index (χ1) is 9.74. The molecule has 20 heavy (non-hydrogen) atoms. The SMILES string of the molecule is [N-]=[N+]=NCCNC(C(=O)O)c1cccc2ccccc12. The molecule has 0 aliphatic rings. The van der Waals surface area contributed by atoms with E-state index in [-0.39, 0.29) is 6.54 Å². The summed E-state index contributed by atoms with van der Waals surface area (Å²) in [6.07, 6.45) is 0. The van der Waals surface area contributed by atoms with Crippen LogP contribution in [-0.2, 0) is 4.79 Å². The van der Waals surface area contributed by atoms with Crippen LogP contribution in [-0.4, -0.2) is 24.2 Å². The van der Waals surface area contributed by atoms with E-state index in [9.17, 15) is 9.90 Å². The molecule has 2 N–H and O–H groups in total. The molecule has 0 fully saturated rings. The summed E-state index contributed by atoms with van der Waals surface area (Å²) < 4.78 is 0. The number of carboxylic acids is 1. The highest BCUT2D eigenvalue weighted by molar-refractivity contribution is 5.90. The highest BCUT2D eigenvalue weighted by atomic mass is 16.4. The summed E-state index contributed by atoms with van der Waals surface area (Å²) in [5, 5.41) is 17.6. The summed E-state index contributed by atoms with van der Waals surface area (Å²) in [4.78, 5) is 14.1. The number of carbonyl (C=O) groups is 1. The Morgan fingerprint density at radius 1 is 1.30 bits per heavy atom. The van der Waals surface area contributed by atoms with Crippen molar-refractivity contribution in [2.75, 3.05) is 13.1 Å². The van der Waals surface area contributed by atoms with Crippen LogP contribution in [0.5, 0.6) is 0 Å². The summed E-state index contributed by atoms with van der Waals surface area (Å²) in [6.45, 7) is 0.523. The summed E-state index contributed by atoms with van der Waals surface area (Å²) in [5.74, 6) is -0.956. The lowest BCUT2D eigenvalue weighted by Crippen LogP contribution is -2.30. The third-order valence-electron chi connectivity index (χ3n) is 3.00. The maximum absolute atomic E-state index is 11.4. The van der Waals surface area contributed by atoms with E-state index >= 15 is 0 Å². The second-order valence-electron chi connectivity index (χ2n) is 4.25. The molecule has 102 valence electrons. The number of fused-ring (bicyclic) bond motifs is 1. The summed E-state index contributed by atoms with van der Waals surface area (Å²) in [5.41, 5.74) is 8.92. The number of hydrogen-bond acceptors (Lipinski definition) is 3. The maximum atomic E-state index is 11.4. The molecule has 0 saturated heterocycles. The zero-order valence-corrected chi connectivity index (χ0v) is 10.7. The first-order valence-corrected chi connectivity index (χ1v) is 6.18. The van der Waals surface area contributed by atoms with Crippen LogP contribution in [0.3, 0.4) is 0 Å². The van der Waals surface area contributed by atoms with E-state index < -0.39 is 12.0 Å². The predicted octanol–water partition coefficient (Wildman–Crippen LogP) is 2.87. The average Bonchev–Trinajstić information content (AvgIpc) is 2.47. The van der Waals surface area contributed by atoms with Gasteiger partial charge in [0.05, 0.1) is 0 Å². The standard InChI is InChI=1S/C14H14N4O2/c15-18-17-9-8-16-13(14(19)20)12-7-3-5-10-4-1-2-6-11(10)12/h1-7,13,16H,8-9H2,(H,19,20). The van der Waals surface area contributed by atoms with Crippen LogP contribution >= 0.6 is 0 Å². The van der Waals surface area contributed by atoms with Gasteiger partial charge in [0.2, 0.25) is 0 Å². The van der Waals surface area contributed by atoms with Gasteiger partial charge in [0.1, 0.15) is 6.04 Å². The molecule has 1 unspecified atom stereocenters. The Hall–Kier alpha value is -2.56. The predicted molar refractivity (Wildman–Crippen MR) is 76.3 cm³/mol. The largest absolute Gasteiger partial charge is 0.480 e. The lowest BCUT2D eigenvalue weighted by molar-refractivity contribution is -0.139. The number of nitrogens with one attached hydrogen (secondary N) is 1. The minimum atomic E-state index is -0.956. The van der Waals surface area contributed by atoms with Crippen LogP contribution in [0.1, 0.15) is 11.6 Å². The Kier molecular flexibility index (Phi) is 4.55. The molecular weight excluding hydrogens is 256 g/mol. The minimum Gasteiger partial charge on any atom is -0.480 e. The molecule has 0 heterocycles. The molecule has 2 aromatic carbocycles. The summed E-state index contributed by atoms with van der Waals surface area (Å²) >= 11 is 0. The Labute approximate surface area is 115 Å². The number of aliphatic carboxylic acids is 1. The fourth-order valence-corrected chi connectivity index (χ4v) is 2.14. The monoisotopic (exact) mass is 270 g/mol. The smallest absolute Gasteiger partial charge is 0.325 e. The van der Waals surface area contributed by atoms with Crippen LogP contribution in [0, 0.1) is 0 Å². The number of azide groups is 1. The van der Waals surface area contributed by atoms with E-state index in [1.165, 1.54) is 0 Å². The van der Waals surface area contributed by atoms with Gasteiger partial charge in [-0.25, -0.2) is 0 Å². The molecule has 6 heteroatoms. The van der Waals surface area contributed by atoms with Crippen LogP contribution in [0.25, 0.3) is 21.2 Å². The molecule has 0 amide bonds. The minimum absolute atomic E-state index is 0.213. The Morgan fingerprint density at radius 2 is 2.05 bits per heavy atom. The number of carboxylic acid groups (broad SMARTS) is 1. The van der Waals surface area contributed by atoms with Crippen LogP contribution in [0.15, 0.2) is 47.6 Å². The fraction of sp³-hybridized carbons (Fsp3) is 0.214. The Bertz CT molecular complexity index is 660. The molecule has 0 saturated carbocycles. The van der Waals surface area contributed by atoms with Gasteiger partial charge < -0.3 is 10.4 Å². The number of nitrogens with zero attached hydrogens (tertiary/aromatic N) is 3. The molecule has 2 rings (SSSR count). The normalized spacial score (nSPS) is 11.8. The third-order valence-corrected chi connectivity index (χ3v) is 3.00. The molecule has 2 aromatic rings. The van der Waals surface area contributed by atoms with E-state index in [1.807, 2.05) is 36.4 Å². The summed E-state index contributed by atoms with van der Waals surface area (Å²) in [6, 6.07) is 12.4. The maximum Gasteiger partial charge on any atom is 0.325 e. The zero-order chi connectivity index (χ0) is 14.4. The Balaban J connectivity index is 2.31. The van der Waals surface area contributed by atoms with Crippen molar-refractivity contribution in [1.29, 1.82) is 0 Å². The van der Waals surface area contributed by atoms with Crippen molar-refractivity contribution in [1.82, 2.24) is 5.32 Å². The topological polar surface area (TPSA) is 98.1 Å².